The Labute approximate surface area is 140 Å². The summed E-state index contributed by atoms with van der Waals surface area (Å²) in [6.07, 6.45) is 3.35. The van der Waals surface area contributed by atoms with Crippen LogP contribution in [0.25, 0.3) is 10.2 Å². The molecule has 0 saturated heterocycles. The molecule has 0 bridgehead atoms. The molecule has 3 aromatic rings. The van der Waals surface area contributed by atoms with Gasteiger partial charge in [0.05, 0.1) is 10.2 Å². The Morgan fingerprint density at radius 2 is 1.68 bits per heavy atom. The Morgan fingerprint density at radius 3 is 2.45 bits per heavy atom. The fourth-order valence-electron chi connectivity index (χ4n) is 2.46. The SMILES string of the molecule is ClCCCCCN(c1ccccc1)c1nc2ccccc2s1. The third-order valence-electron chi connectivity index (χ3n) is 3.60. The second-order valence-electron chi connectivity index (χ2n) is 5.20. The van der Waals surface area contributed by atoms with Gasteiger partial charge < -0.3 is 4.90 Å². The molecule has 0 aliphatic carbocycles. The van der Waals surface area contributed by atoms with Gasteiger partial charge >= 0.3 is 0 Å². The van der Waals surface area contributed by atoms with Crippen molar-refractivity contribution in [1.82, 2.24) is 4.98 Å². The van der Waals surface area contributed by atoms with Crippen LogP contribution >= 0.6 is 22.9 Å². The summed E-state index contributed by atoms with van der Waals surface area (Å²) in [6.45, 7) is 0.973. The average molecular weight is 331 g/mol. The van der Waals surface area contributed by atoms with E-state index < -0.39 is 0 Å². The van der Waals surface area contributed by atoms with Crippen molar-refractivity contribution in [2.75, 3.05) is 17.3 Å². The predicted octanol–water partition coefficient (Wildman–Crippen LogP) is 5.84. The number of alkyl halides is 1. The van der Waals surface area contributed by atoms with E-state index in [1.807, 2.05) is 12.1 Å². The van der Waals surface area contributed by atoms with Crippen molar-refractivity contribution < 1.29 is 0 Å². The number of unbranched alkanes of at least 4 members (excludes halogenated alkanes) is 2. The molecule has 0 atom stereocenters. The molecule has 1 heterocycles. The lowest BCUT2D eigenvalue weighted by Crippen LogP contribution is -2.18. The van der Waals surface area contributed by atoms with Crippen molar-refractivity contribution >= 4 is 44.0 Å². The van der Waals surface area contributed by atoms with E-state index in [-0.39, 0.29) is 0 Å². The Kier molecular flexibility index (Phi) is 5.30. The van der Waals surface area contributed by atoms with Crippen LogP contribution in [0.4, 0.5) is 10.8 Å². The smallest absolute Gasteiger partial charge is 0.190 e. The zero-order chi connectivity index (χ0) is 15.2. The maximum atomic E-state index is 5.78. The highest BCUT2D eigenvalue weighted by molar-refractivity contribution is 7.22. The van der Waals surface area contributed by atoms with Gasteiger partial charge in [-0.15, -0.1) is 11.6 Å². The number of para-hydroxylation sites is 2. The maximum absolute atomic E-state index is 5.78. The summed E-state index contributed by atoms with van der Waals surface area (Å²) in [4.78, 5) is 7.13. The lowest BCUT2D eigenvalue weighted by Gasteiger charge is -2.21. The first-order chi connectivity index (χ1) is 10.9. The molecular weight excluding hydrogens is 312 g/mol. The van der Waals surface area contributed by atoms with Crippen molar-refractivity contribution in [2.24, 2.45) is 0 Å². The van der Waals surface area contributed by atoms with Crippen LogP contribution in [-0.4, -0.2) is 17.4 Å². The number of thiazole rings is 1. The van der Waals surface area contributed by atoms with E-state index in [0.717, 1.165) is 42.3 Å². The van der Waals surface area contributed by atoms with Gasteiger partial charge in [0.1, 0.15) is 0 Å². The van der Waals surface area contributed by atoms with Crippen LogP contribution in [0.15, 0.2) is 54.6 Å². The molecule has 0 amide bonds. The summed E-state index contributed by atoms with van der Waals surface area (Å²) >= 11 is 7.53. The first-order valence-corrected chi connectivity index (χ1v) is 8.98. The van der Waals surface area contributed by atoms with Crippen LogP contribution in [0, 0.1) is 0 Å². The van der Waals surface area contributed by atoms with E-state index in [1.165, 1.54) is 10.4 Å². The standard InChI is InChI=1S/C18H19ClN2S/c19-13-7-2-8-14-21(15-9-3-1-4-10-15)18-20-16-11-5-6-12-17(16)22-18/h1,3-6,9-12H,2,7-8,13-14H2. The first-order valence-electron chi connectivity index (χ1n) is 7.62. The molecule has 114 valence electrons. The van der Waals surface area contributed by atoms with E-state index in [0.29, 0.717) is 0 Å². The van der Waals surface area contributed by atoms with Crippen molar-refractivity contribution in [2.45, 2.75) is 19.3 Å². The molecule has 0 spiro atoms. The van der Waals surface area contributed by atoms with Gasteiger partial charge in [-0.05, 0) is 37.1 Å². The van der Waals surface area contributed by atoms with Gasteiger partial charge in [-0.1, -0.05) is 48.1 Å². The highest BCUT2D eigenvalue weighted by Gasteiger charge is 2.13. The molecule has 0 saturated carbocycles. The fourth-order valence-corrected chi connectivity index (χ4v) is 3.66. The van der Waals surface area contributed by atoms with Gasteiger partial charge in [0, 0.05) is 18.1 Å². The largest absolute Gasteiger partial charge is 0.318 e. The lowest BCUT2D eigenvalue weighted by molar-refractivity contribution is 0.719. The second kappa shape index (κ2) is 7.61. The monoisotopic (exact) mass is 330 g/mol. The molecule has 0 fully saturated rings. The number of nitrogens with zero attached hydrogens (tertiary/aromatic N) is 2. The molecule has 1 aromatic heterocycles. The van der Waals surface area contributed by atoms with E-state index in [2.05, 4.69) is 47.4 Å². The Morgan fingerprint density at radius 1 is 0.909 bits per heavy atom. The highest BCUT2D eigenvalue weighted by atomic mass is 35.5. The number of aromatic nitrogens is 1. The molecule has 2 aromatic carbocycles. The molecule has 0 unspecified atom stereocenters. The maximum Gasteiger partial charge on any atom is 0.190 e. The molecule has 4 heteroatoms. The van der Waals surface area contributed by atoms with Gasteiger partial charge in [0.2, 0.25) is 0 Å². The van der Waals surface area contributed by atoms with Crippen LogP contribution in [0.2, 0.25) is 0 Å². The van der Waals surface area contributed by atoms with Gasteiger partial charge in [0.15, 0.2) is 5.13 Å². The summed E-state index contributed by atoms with van der Waals surface area (Å²) < 4.78 is 1.24. The summed E-state index contributed by atoms with van der Waals surface area (Å²) in [7, 11) is 0. The minimum absolute atomic E-state index is 0.743. The average Bonchev–Trinajstić information content (AvgIpc) is 2.99. The molecule has 0 radical (unpaired) electrons. The third-order valence-corrected chi connectivity index (χ3v) is 4.92. The normalized spacial score (nSPS) is 11.0. The third kappa shape index (κ3) is 3.60. The molecule has 0 aliphatic heterocycles. The molecule has 0 aliphatic rings. The Bertz CT molecular complexity index is 678. The van der Waals surface area contributed by atoms with Crippen LogP contribution in [0.3, 0.4) is 0 Å². The van der Waals surface area contributed by atoms with Gasteiger partial charge in [0.25, 0.3) is 0 Å². The zero-order valence-corrected chi connectivity index (χ0v) is 14.0. The summed E-state index contributed by atoms with van der Waals surface area (Å²) in [5.74, 6) is 0.743. The molecule has 2 nitrogen and oxygen atoms in total. The summed E-state index contributed by atoms with van der Waals surface area (Å²) in [5.41, 5.74) is 2.27. The van der Waals surface area contributed by atoms with E-state index in [4.69, 9.17) is 16.6 Å². The van der Waals surface area contributed by atoms with Gasteiger partial charge in [-0.25, -0.2) is 4.98 Å². The molecular formula is C18H19ClN2S. The number of halogens is 1. The van der Waals surface area contributed by atoms with Gasteiger partial charge in [-0.3, -0.25) is 0 Å². The summed E-state index contributed by atoms with van der Waals surface area (Å²) in [6, 6.07) is 18.8. The number of benzene rings is 2. The van der Waals surface area contributed by atoms with E-state index >= 15 is 0 Å². The van der Waals surface area contributed by atoms with Crippen molar-refractivity contribution in [3.8, 4) is 0 Å². The Hall–Kier alpha value is -1.58. The molecule has 3 rings (SSSR count). The number of rotatable bonds is 7. The lowest BCUT2D eigenvalue weighted by atomic mass is 10.2. The number of hydrogen-bond acceptors (Lipinski definition) is 3. The highest BCUT2D eigenvalue weighted by Crippen LogP contribution is 2.33. The minimum Gasteiger partial charge on any atom is -0.318 e. The van der Waals surface area contributed by atoms with Crippen LogP contribution in [-0.2, 0) is 0 Å². The van der Waals surface area contributed by atoms with E-state index in [9.17, 15) is 0 Å². The number of fused-ring (bicyclic) bond motifs is 1. The number of hydrogen-bond donors (Lipinski definition) is 0. The van der Waals surface area contributed by atoms with Crippen molar-refractivity contribution in [1.29, 1.82) is 0 Å². The molecule has 22 heavy (non-hydrogen) atoms. The van der Waals surface area contributed by atoms with Crippen LogP contribution in [0.1, 0.15) is 19.3 Å². The van der Waals surface area contributed by atoms with Gasteiger partial charge in [-0.2, -0.15) is 0 Å². The predicted molar refractivity (Wildman–Crippen MR) is 97.6 cm³/mol. The quantitative estimate of drug-likeness (QED) is 0.399. The topological polar surface area (TPSA) is 16.1 Å². The zero-order valence-electron chi connectivity index (χ0n) is 12.4. The van der Waals surface area contributed by atoms with Crippen LogP contribution < -0.4 is 4.90 Å². The fraction of sp³-hybridized carbons (Fsp3) is 0.278. The van der Waals surface area contributed by atoms with Crippen molar-refractivity contribution in [3.05, 3.63) is 54.6 Å². The van der Waals surface area contributed by atoms with E-state index in [1.54, 1.807) is 11.3 Å². The van der Waals surface area contributed by atoms with Crippen LogP contribution in [0.5, 0.6) is 0 Å². The van der Waals surface area contributed by atoms with Crippen molar-refractivity contribution in [3.63, 3.8) is 0 Å². The summed E-state index contributed by atoms with van der Waals surface area (Å²) in [5, 5.41) is 1.07. The molecule has 0 N–H and O–H groups in total. The first kappa shape index (κ1) is 15.3. The Balaban J connectivity index is 1.87. The number of anilines is 2. The minimum atomic E-state index is 0.743. The second-order valence-corrected chi connectivity index (χ2v) is 6.59.